The number of ether oxygens (including phenoxy) is 1. The van der Waals surface area contributed by atoms with Crippen LogP contribution in [-0.2, 0) is 4.79 Å². The SMILES string of the molecule is Cc1ccc(OCC(=O)NNC(=O)c2ccco2)cc1C. The lowest BCUT2D eigenvalue weighted by molar-refractivity contribution is -0.123. The van der Waals surface area contributed by atoms with E-state index in [1.54, 1.807) is 12.1 Å². The van der Waals surface area contributed by atoms with E-state index in [-0.39, 0.29) is 12.4 Å². The molecular formula is C15H16N2O4. The number of benzene rings is 1. The van der Waals surface area contributed by atoms with Gasteiger partial charge in [0.05, 0.1) is 6.26 Å². The highest BCUT2D eigenvalue weighted by Crippen LogP contribution is 2.16. The summed E-state index contributed by atoms with van der Waals surface area (Å²) in [7, 11) is 0. The average Bonchev–Trinajstić information content (AvgIpc) is 3.00. The second-order valence-corrected chi connectivity index (χ2v) is 4.51. The molecule has 0 aliphatic heterocycles. The molecule has 2 N–H and O–H groups in total. The van der Waals surface area contributed by atoms with Gasteiger partial charge >= 0.3 is 5.91 Å². The minimum Gasteiger partial charge on any atom is -0.484 e. The molecule has 2 amide bonds. The van der Waals surface area contributed by atoms with Crippen molar-refractivity contribution >= 4 is 11.8 Å². The van der Waals surface area contributed by atoms with Crippen molar-refractivity contribution in [1.29, 1.82) is 0 Å². The van der Waals surface area contributed by atoms with Gasteiger partial charge in [-0.1, -0.05) is 6.07 Å². The van der Waals surface area contributed by atoms with Crippen LogP contribution in [0.1, 0.15) is 21.7 Å². The molecule has 1 heterocycles. The van der Waals surface area contributed by atoms with Gasteiger partial charge in [-0.15, -0.1) is 0 Å². The molecule has 0 saturated heterocycles. The van der Waals surface area contributed by atoms with Crippen molar-refractivity contribution in [3.8, 4) is 5.75 Å². The quantitative estimate of drug-likeness (QED) is 0.840. The second kappa shape index (κ2) is 6.60. The first-order valence-electron chi connectivity index (χ1n) is 6.39. The molecule has 0 aliphatic rings. The molecule has 0 radical (unpaired) electrons. The van der Waals surface area contributed by atoms with Crippen molar-refractivity contribution in [3.63, 3.8) is 0 Å². The standard InChI is InChI=1S/C15H16N2O4/c1-10-5-6-12(8-11(10)2)21-9-14(18)16-17-15(19)13-4-3-7-20-13/h3-8H,9H2,1-2H3,(H,16,18)(H,17,19). The van der Waals surface area contributed by atoms with E-state index in [1.807, 2.05) is 26.0 Å². The van der Waals surface area contributed by atoms with Crippen molar-refractivity contribution in [2.75, 3.05) is 6.61 Å². The predicted octanol–water partition coefficient (Wildman–Crippen LogP) is 1.74. The molecule has 0 spiro atoms. The van der Waals surface area contributed by atoms with Crippen molar-refractivity contribution in [2.24, 2.45) is 0 Å². The van der Waals surface area contributed by atoms with E-state index in [0.29, 0.717) is 5.75 Å². The van der Waals surface area contributed by atoms with Gasteiger partial charge in [0.2, 0.25) is 0 Å². The van der Waals surface area contributed by atoms with E-state index in [4.69, 9.17) is 9.15 Å². The summed E-state index contributed by atoms with van der Waals surface area (Å²) in [5, 5.41) is 0. The molecule has 0 bridgehead atoms. The van der Waals surface area contributed by atoms with Gasteiger partial charge in [0, 0.05) is 0 Å². The van der Waals surface area contributed by atoms with Gasteiger partial charge in [-0.05, 0) is 49.2 Å². The average molecular weight is 288 g/mol. The molecule has 21 heavy (non-hydrogen) atoms. The molecule has 6 nitrogen and oxygen atoms in total. The Labute approximate surface area is 122 Å². The lowest BCUT2D eigenvalue weighted by Gasteiger charge is -2.09. The number of carbonyl (C=O) groups is 2. The third kappa shape index (κ3) is 4.10. The molecular weight excluding hydrogens is 272 g/mol. The zero-order valence-electron chi connectivity index (χ0n) is 11.8. The fraction of sp³-hybridized carbons (Fsp3) is 0.200. The summed E-state index contributed by atoms with van der Waals surface area (Å²) in [6.45, 7) is 3.77. The highest BCUT2D eigenvalue weighted by molar-refractivity contribution is 5.92. The molecule has 1 aromatic carbocycles. The first-order valence-corrected chi connectivity index (χ1v) is 6.39. The molecule has 0 fully saturated rings. The van der Waals surface area contributed by atoms with E-state index in [9.17, 15) is 9.59 Å². The van der Waals surface area contributed by atoms with Crippen LogP contribution in [0.2, 0.25) is 0 Å². The smallest absolute Gasteiger partial charge is 0.305 e. The highest BCUT2D eigenvalue weighted by Gasteiger charge is 2.10. The van der Waals surface area contributed by atoms with Crippen molar-refractivity contribution < 1.29 is 18.7 Å². The maximum atomic E-state index is 11.6. The van der Waals surface area contributed by atoms with Crippen molar-refractivity contribution in [2.45, 2.75) is 13.8 Å². The first kappa shape index (κ1) is 14.6. The predicted molar refractivity (Wildman–Crippen MR) is 75.7 cm³/mol. The van der Waals surface area contributed by atoms with E-state index in [2.05, 4.69) is 10.9 Å². The Morgan fingerprint density at radius 1 is 1.14 bits per heavy atom. The summed E-state index contributed by atoms with van der Waals surface area (Å²) in [5.74, 6) is -0.274. The third-order valence-corrected chi connectivity index (χ3v) is 2.91. The van der Waals surface area contributed by atoms with Crippen LogP contribution in [0, 0.1) is 13.8 Å². The number of rotatable bonds is 4. The number of amides is 2. The van der Waals surface area contributed by atoms with Crippen LogP contribution in [0.4, 0.5) is 0 Å². The van der Waals surface area contributed by atoms with Crippen molar-refractivity contribution in [1.82, 2.24) is 10.9 Å². The van der Waals surface area contributed by atoms with E-state index >= 15 is 0 Å². The number of hydrazine groups is 1. The molecule has 0 aliphatic carbocycles. The van der Waals surface area contributed by atoms with Crippen LogP contribution >= 0.6 is 0 Å². The van der Waals surface area contributed by atoms with E-state index in [0.717, 1.165) is 11.1 Å². The molecule has 2 aromatic rings. The zero-order chi connectivity index (χ0) is 15.2. The minimum atomic E-state index is -0.528. The molecule has 2 rings (SSSR count). The summed E-state index contributed by atoms with van der Waals surface area (Å²) in [6, 6.07) is 8.63. The Morgan fingerprint density at radius 2 is 1.95 bits per heavy atom. The lowest BCUT2D eigenvalue weighted by Crippen LogP contribution is -2.43. The normalized spacial score (nSPS) is 10.0. The fourth-order valence-electron chi connectivity index (χ4n) is 1.58. The molecule has 0 unspecified atom stereocenters. The topological polar surface area (TPSA) is 80.6 Å². The van der Waals surface area contributed by atoms with Gasteiger partial charge in [-0.2, -0.15) is 0 Å². The number of carbonyl (C=O) groups excluding carboxylic acids is 2. The van der Waals surface area contributed by atoms with Gasteiger partial charge in [-0.25, -0.2) is 0 Å². The second-order valence-electron chi connectivity index (χ2n) is 4.51. The third-order valence-electron chi connectivity index (χ3n) is 2.91. The summed E-state index contributed by atoms with van der Waals surface area (Å²) in [4.78, 5) is 23.1. The largest absolute Gasteiger partial charge is 0.484 e. The van der Waals surface area contributed by atoms with Crippen LogP contribution in [0.15, 0.2) is 41.0 Å². The van der Waals surface area contributed by atoms with Crippen LogP contribution in [0.5, 0.6) is 5.75 Å². The maximum Gasteiger partial charge on any atom is 0.305 e. The summed E-state index contributed by atoms with van der Waals surface area (Å²) >= 11 is 0. The number of hydrogen-bond donors (Lipinski definition) is 2. The van der Waals surface area contributed by atoms with E-state index in [1.165, 1.54) is 12.3 Å². The summed E-state index contributed by atoms with van der Waals surface area (Å²) < 4.78 is 10.2. The fourth-order valence-corrected chi connectivity index (χ4v) is 1.58. The van der Waals surface area contributed by atoms with Gasteiger partial charge in [0.15, 0.2) is 12.4 Å². The molecule has 110 valence electrons. The molecule has 1 aromatic heterocycles. The van der Waals surface area contributed by atoms with Crippen LogP contribution in [0.25, 0.3) is 0 Å². The number of furan rings is 1. The van der Waals surface area contributed by atoms with E-state index < -0.39 is 11.8 Å². The number of hydrogen-bond acceptors (Lipinski definition) is 4. The molecule has 0 saturated carbocycles. The Hall–Kier alpha value is -2.76. The van der Waals surface area contributed by atoms with Gasteiger partial charge in [-0.3, -0.25) is 20.4 Å². The Morgan fingerprint density at radius 3 is 2.62 bits per heavy atom. The molecule has 6 heteroatoms. The minimum absolute atomic E-state index is 0.116. The monoisotopic (exact) mass is 288 g/mol. The Kier molecular flexibility index (Phi) is 4.61. The Bertz CT molecular complexity index is 635. The van der Waals surface area contributed by atoms with Gasteiger partial charge in [0.1, 0.15) is 5.75 Å². The van der Waals surface area contributed by atoms with Gasteiger partial charge < -0.3 is 9.15 Å². The molecule has 0 atom stereocenters. The number of nitrogens with one attached hydrogen (secondary N) is 2. The zero-order valence-corrected chi connectivity index (χ0v) is 11.8. The van der Waals surface area contributed by atoms with Crippen LogP contribution in [-0.4, -0.2) is 18.4 Å². The van der Waals surface area contributed by atoms with Gasteiger partial charge in [0.25, 0.3) is 5.91 Å². The van der Waals surface area contributed by atoms with Crippen LogP contribution < -0.4 is 15.6 Å². The van der Waals surface area contributed by atoms with Crippen molar-refractivity contribution in [3.05, 3.63) is 53.5 Å². The summed E-state index contributed by atoms with van der Waals surface area (Å²) in [6.07, 6.45) is 1.37. The summed E-state index contributed by atoms with van der Waals surface area (Å²) in [5.41, 5.74) is 6.71. The number of aryl methyl sites for hydroxylation is 2. The Balaban J connectivity index is 1.77. The highest BCUT2D eigenvalue weighted by atomic mass is 16.5. The lowest BCUT2D eigenvalue weighted by atomic mass is 10.1. The first-order chi connectivity index (χ1) is 10.1. The maximum absolute atomic E-state index is 11.6. The van der Waals surface area contributed by atoms with Crippen LogP contribution in [0.3, 0.4) is 0 Å².